The second kappa shape index (κ2) is 7.10. The highest BCUT2D eigenvalue weighted by Gasteiger charge is 2.09. The van der Waals surface area contributed by atoms with Crippen molar-refractivity contribution in [2.24, 2.45) is 5.92 Å². The quantitative estimate of drug-likeness (QED) is 0.703. The van der Waals surface area contributed by atoms with Crippen molar-refractivity contribution >= 4 is 5.97 Å². The lowest BCUT2D eigenvalue weighted by Gasteiger charge is -2.15. The molecule has 0 aliphatic heterocycles. The first-order valence-electron chi connectivity index (χ1n) is 6.29. The van der Waals surface area contributed by atoms with Crippen LogP contribution in [0.1, 0.15) is 39.2 Å². The summed E-state index contributed by atoms with van der Waals surface area (Å²) in [4.78, 5) is 10.8. The van der Waals surface area contributed by atoms with Crippen molar-refractivity contribution in [3.63, 3.8) is 0 Å². The van der Waals surface area contributed by atoms with E-state index >= 15 is 0 Å². The Hall–Kier alpha value is -1.31. The van der Waals surface area contributed by atoms with Crippen molar-refractivity contribution in [1.82, 2.24) is 0 Å². The topological polar surface area (TPSA) is 26.3 Å². The van der Waals surface area contributed by atoms with E-state index in [0.717, 1.165) is 19.3 Å². The molecule has 0 aliphatic carbocycles. The van der Waals surface area contributed by atoms with Crippen molar-refractivity contribution < 1.29 is 9.53 Å². The summed E-state index contributed by atoms with van der Waals surface area (Å²) in [5.74, 6) is 0.434. The van der Waals surface area contributed by atoms with E-state index in [0.29, 0.717) is 5.92 Å². The third kappa shape index (κ3) is 6.10. The van der Waals surface area contributed by atoms with Gasteiger partial charge in [0, 0.05) is 6.92 Å². The van der Waals surface area contributed by atoms with Gasteiger partial charge in [-0.25, -0.2) is 0 Å². The van der Waals surface area contributed by atoms with E-state index in [1.54, 1.807) is 0 Å². The van der Waals surface area contributed by atoms with Gasteiger partial charge in [0.15, 0.2) is 0 Å². The maximum Gasteiger partial charge on any atom is 0.302 e. The first kappa shape index (κ1) is 13.8. The first-order chi connectivity index (χ1) is 8.08. The van der Waals surface area contributed by atoms with Crippen LogP contribution in [0.15, 0.2) is 30.3 Å². The molecule has 1 rings (SSSR count). The van der Waals surface area contributed by atoms with Gasteiger partial charge in [-0.15, -0.1) is 0 Å². The van der Waals surface area contributed by atoms with Gasteiger partial charge in [0.25, 0.3) is 0 Å². The number of hydrogen-bond donors (Lipinski definition) is 0. The van der Waals surface area contributed by atoms with Gasteiger partial charge in [-0.05, 0) is 37.7 Å². The molecular formula is C15H22O2. The second-order valence-electron chi connectivity index (χ2n) is 4.79. The Bertz CT molecular complexity index is 332. The van der Waals surface area contributed by atoms with Crippen LogP contribution in [0.2, 0.25) is 0 Å². The Morgan fingerprint density at radius 3 is 2.41 bits per heavy atom. The van der Waals surface area contributed by atoms with Crippen LogP contribution in [0.4, 0.5) is 0 Å². The molecule has 0 unspecified atom stereocenters. The summed E-state index contributed by atoms with van der Waals surface area (Å²) >= 11 is 0. The number of ether oxygens (including phenoxy) is 1. The Labute approximate surface area is 104 Å². The number of hydrogen-bond acceptors (Lipinski definition) is 2. The lowest BCUT2D eigenvalue weighted by atomic mass is 9.95. The highest BCUT2D eigenvalue weighted by atomic mass is 16.5. The molecule has 0 amide bonds. The molecule has 0 heterocycles. The Morgan fingerprint density at radius 1 is 1.18 bits per heavy atom. The van der Waals surface area contributed by atoms with Crippen LogP contribution >= 0.6 is 0 Å². The third-order valence-corrected chi connectivity index (χ3v) is 2.86. The molecule has 0 aliphatic rings. The average molecular weight is 234 g/mol. The Balaban J connectivity index is 2.26. The molecule has 0 radical (unpaired) electrons. The van der Waals surface area contributed by atoms with E-state index in [-0.39, 0.29) is 12.1 Å². The van der Waals surface area contributed by atoms with Crippen molar-refractivity contribution in [1.29, 1.82) is 0 Å². The number of esters is 1. The van der Waals surface area contributed by atoms with Crippen LogP contribution in [-0.4, -0.2) is 12.1 Å². The van der Waals surface area contributed by atoms with Gasteiger partial charge < -0.3 is 4.74 Å². The van der Waals surface area contributed by atoms with Gasteiger partial charge in [0.2, 0.25) is 0 Å². The van der Waals surface area contributed by atoms with Gasteiger partial charge in [-0.1, -0.05) is 37.3 Å². The number of rotatable bonds is 6. The Kier molecular flexibility index (Phi) is 5.75. The summed E-state index contributed by atoms with van der Waals surface area (Å²) in [7, 11) is 0. The molecule has 0 N–H and O–H groups in total. The Morgan fingerprint density at radius 2 is 1.82 bits per heavy atom. The molecule has 0 fully saturated rings. The largest absolute Gasteiger partial charge is 0.463 e. The lowest BCUT2D eigenvalue weighted by Crippen LogP contribution is -2.13. The van der Waals surface area contributed by atoms with Crippen LogP contribution in [0.25, 0.3) is 0 Å². The molecule has 1 aromatic rings. The SMILES string of the molecule is CC(=O)O[C@H](C)CC[C@H](C)Cc1ccccc1. The zero-order chi connectivity index (χ0) is 12.7. The number of carbonyl (C=O) groups excluding carboxylic acids is 1. The maximum atomic E-state index is 10.8. The minimum Gasteiger partial charge on any atom is -0.463 e. The summed E-state index contributed by atoms with van der Waals surface area (Å²) in [6.45, 7) is 5.66. The van der Waals surface area contributed by atoms with E-state index in [4.69, 9.17) is 4.74 Å². The molecule has 2 nitrogen and oxygen atoms in total. The second-order valence-corrected chi connectivity index (χ2v) is 4.79. The standard InChI is InChI=1S/C15H22O2/c1-12(9-10-13(2)17-14(3)16)11-15-7-5-4-6-8-15/h4-8,12-13H,9-11H2,1-3H3/t12-,13+/m0/s1. The molecule has 0 saturated heterocycles. The van der Waals surface area contributed by atoms with E-state index in [1.165, 1.54) is 12.5 Å². The predicted molar refractivity (Wildman–Crippen MR) is 69.8 cm³/mol. The summed E-state index contributed by atoms with van der Waals surface area (Å²) in [5.41, 5.74) is 1.38. The van der Waals surface area contributed by atoms with E-state index in [2.05, 4.69) is 31.2 Å². The smallest absolute Gasteiger partial charge is 0.302 e. The fraction of sp³-hybridized carbons (Fsp3) is 0.533. The summed E-state index contributed by atoms with van der Waals surface area (Å²) in [6.07, 6.45) is 3.15. The number of carbonyl (C=O) groups is 1. The van der Waals surface area contributed by atoms with E-state index < -0.39 is 0 Å². The van der Waals surface area contributed by atoms with Crippen molar-refractivity contribution in [2.45, 2.75) is 46.1 Å². The van der Waals surface area contributed by atoms with Crippen molar-refractivity contribution in [2.75, 3.05) is 0 Å². The molecule has 0 saturated carbocycles. The van der Waals surface area contributed by atoms with Crippen LogP contribution in [0, 0.1) is 5.92 Å². The summed E-state index contributed by atoms with van der Waals surface area (Å²) in [5, 5.41) is 0. The molecule has 2 heteroatoms. The first-order valence-corrected chi connectivity index (χ1v) is 6.29. The highest BCUT2D eigenvalue weighted by Crippen LogP contribution is 2.15. The molecule has 0 spiro atoms. The zero-order valence-electron chi connectivity index (χ0n) is 11.0. The molecule has 1 aromatic carbocycles. The zero-order valence-corrected chi connectivity index (χ0v) is 11.0. The van der Waals surface area contributed by atoms with E-state index in [9.17, 15) is 4.79 Å². The minimum atomic E-state index is -0.187. The molecular weight excluding hydrogens is 212 g/mol. The fourth-order valence-electron chi connectivity index (χ4n) is 1.98. The average Bonchev–Trinajstić information content (AvgIpc) is 2.27. The van der Waals surface area contributed by atoms with Crippen LogP contribution in [-0.2, 0) is 16.0 Å². The van der Waals surface area contributed by atoms with E-state index in [1.807, 2.05) is 13.0 Å². The monoisotopic (exact) mass is 234 g/mol. The van der Waals surface area contributed by atoms with Gasteiger partial charge in [-0.3, -0.25) is 4.79 Å². The normalized spacial score (nSPS) is 14.1. The van der Waals surface area contributed by atoms with Gasteiger partial charge in [0.1, 0.15) is 0 Å². The molecule has 0 aromatic heterocycles. The molecule has 94 valence electrons. The predicted octanol–water partition coefficient (Wildman–Crippen LogP) is 3.60. The summed E-state index contributed by atoms with van der Waals surface area (Å²) in [6, 6.07) is 10.5. The highest BCUT2D eigenvalue weighted by molar-refractivity contribution is 5.66. The van der Waals surface area contributed by atoms with Crippen LogP contribution in [0.3, 0.4) is 0 Å². The van der Waals surface area contributed by atoms with Gasteiger partial charge in [0.05, 0.1) is 6.10 Å². The van der Waals surface area contributed by atoms with Crippen LogP contribution in [0.5, 0.6) is 0 Å². The third-order valence-electron chi connectivity index (χ3n) is 2.86. The minimum absolute atomic E-state index is 0.0331. The fourth-order valence-corrected chi connectivity index (χ4v) is 1.98. The lowest BCUT2D eigenvalue weighted by molar-refractivity contribution is -0.145. The van der Waals surface area contributed by atoms with Crippen molar-refractivity contribution in [3.05, 3.63) is 35.9 Å². The van der Waals surface area contributed by atoms with Crippen LogP contribution < -0.4 is 0 Å². The van der Waals surface area contributed by atoms with Gasteiger partial charge >= 0.3 is 5.97 Å². The molecule has 17 heavy (non-hydrogen) atoms. The molecule has 2 atom stereocenters. The summed E-state index contributed by atoms with van der Waals surface area (Å²) < 4.78 is 5.11. The molecule has 0 bridgehead atoms. The maximum absolute atomic E-state index is 10.8. The van der Waals surface area contributed by atoms with Crippen molar-refractivity contribution in [3.8, 4) is 0 Å². The van der Waals surface area contributed by atoms with Gasteiger partial charge in [-0.2, -0.15) is 0 Å². The number of benzene rings is 1.